The van der Waals surface area contributed by atoms with Crippen molar-refractivity contribution in [2.24, 2.45) is 11.8 Å². The second-order valence-corrected chi connectivity index (χ2v) is 12.0. The van der Waals surface area contributed by atoms with Crippen LogP contribution >= 0.6 is 0 Å². The third-order valence-corrected chi connectivity index (χ3v) is 8.94. The average Bonchev–Trinajstić information content (AvgIpc) is 2.85. The third kappa shape index (κ3) is 21.0. The first kappa shape index (κ1) is 34.1. The maximum absolute atomic E-state index is 10.1. The monoisotopic (exact) mass is 618 g/mol. The van der Waals surface area contributed by atoms with Crippen LogP contribution in [0.3, 0.4) is 0 Å². The van der Waals surface area contributed by atoms with Gasteiger partial charge in [-0.1, -0.05) is 13.8 Å². The Hall–Kier alpha value is -2.88. The fourth-order valence-corrected chi connectivity index (χ4v) is 6.23. The Morgan fingerprint density at radius 3 is 1.22 bits per heavy atom. The molecule has 2 aromatic carbocycles. The second-order valence-electron chi connectivity index (χ2n) is 8.54. The fourth-order valence-electron chi connectivity index (χ4n) is 2.88. The molecule has 2 aromatic rings. The predicted molar refractivity (Wildman–Crippen MR) is 132 cm³/mol. The molecule has 0 amide bonds. The first-order valence-corrected chi connectivity index (χ1v) is 16.2. The van der Waals surface area contributed by atoms with Gasteiger partial charge in [-0.3, -0.25) is 0 Å². The van der Waals surface area contributed by atoms with Crippen LogP contribution in [0.4, 0.5) is 0 Å². The average molecular weight is 617 g/mol. The van der Waals surface area contributed by atoms with E-state index in [0.717, 1.165) is 0 Å². The number of carbonyl (C=O) groups is 4. The van der Waals surface area contributed by atoms with E-state index in [1.165, 1.54) is 33.8 Å². The molecule has 0 fully saturated rings. The Labute approximate surface area is 229 Å². The number of carboxylic acids is 4. The van der Waals surface area contributed by atoms with Gasteiger partial charge < -0.3 is 39.6 Å². The summed E-state index contributed by atoms with van der Waals surface area (Å²) in [5, 5.41) is 40.0. The molecule has 2 rings (SSSR count). The van der Waals surface area contributed by atoms with Crippen molar-refractivity contribution >= 4 is 45.0 Å². The first-order chi connectivity index (χ1) is 17.5. The zero-order valence-corrected chi connectivity index (χ0v) is 24.2. The number of carboxylic acid groups (broad SMARTS) is 4. The molecule has 0 saturated heterocycles. The predicted octanol–water partition coefficient (Wildman–Crippen LogP) is -0.324. The summed E-state index contributed by atoms with van der Waals surface area (Å²) in [5.74, 6) is -5.71. The molecule has 9 heteroatoms. The molecule has 0 bridgehead atoms. The molecule has 0 aliphatic rings. The van der Waals surface area contributed by atoms with Crippen LogP contribution in [0.25, 0.3) is 0 Å². The van der Waals surface area contributed by atoms with Gasteiger partial charge in [0.05, 0.1) is 0 Å². The molecule has 0 spiro atoms. The number of rotatable bonds is 14. The first-order valence-electron chi connectivity index (χ1n) is 12.1. The summed E-state index contributed by atoms with van der Waals surface area (Å²) in [4.78, 5) is 40.0. The topological polar surface area (TPSA) is 161 Å². The van der Waals surface area contributed by atoms with E-state index in [1.54, 1.807) is 0 Å². The third-order valence-electron chi connectivity index (χ3n) is 5.18. The summed E-state index contributed by atoms with van der Waals surface area (Å²) in [7, 11) is 0. The fraction of sp³-hybridized carbons (Fsp3) is 0.429. The van der Waals surface area contributed by atoms with Gasteiger partial charge in [0.25, 0.3) is 0 Å². The van der Waals surface area contributed by atoms with E-state index < -0.39 is 35.7 Å². The summed E-state index contributed by atoms with van der Waals surface area (Å²) in [6.07, 6.45) is 1.15. The van der Waals surface area contributed by atoms with Crippen molar-refractivity contribution in [2.45, 2.75) is 61.2 Å². The van der Waals surface area contributed by atoms with Crippen molar-refractivity contribution in [3.05, 3.63) is 71.8 Å². The van der Waals surface area contributed by atoms with E-state index in [4.69, 9.17) is 0 Å². The van der Waals surface area contributed by atoms with Crippen LogP contribution in [0.15, 0.2) is 60.7 Å². The second kappa shape index (κ2) is 21.2. The van der Waals surface area contributed by atoms with Crippen molar-refractivity contribution < 1.29 is 39.6 Å². The Morgan fingerprint density at radius 2 is 0.946 bits per heavy atom. The van der Waals surface area contributed by atoms with Crippen LogP contribution in [-0.4, -0.2) is 45.0 Å². The standard InChI is InChI=1S/2C7H12O4.2C7H7.Sn/c2*1-5(7(10)11)3-2-4-6(8)9;2*1-7-5-3-2-4-6-7;/h2*5H,2-4H2,1H3,(H,8,9)(H,10,11);2*2-6H,1H2;/q;;;;+4/p-4. The van der Waals surface area contributed by atoms with Gasteiger partial charge in [0.1, 0.15) is 0 Å². The normalized spacial score (nSPS) is 11.5. The zero-order chi connectivity index (χ0) is 28.1. The molecule has 198 valence electrons. The van der Waals surface area contributed by atoms with Crippen LogP contribution in [0.2, 0.25) is 0 Å². The van der Waals surface area contributed by atoms with Gasteiger partial charge in [0.2, 0.25) is 0 Å². The van der Waals surface area contributed by atoms with E-state index in [0.29, 0.717) is 25.7 Å². The van der Waals surface area contributed by atoms with Crippen molar-refractivity contribution in [1.29, 1.82) is 0 Å². The number of benzene rings is 2. The summed E-state index contributed by atoms with van der Waals surface area (Å²) >= 11 is -0.258. The molecular formula is C28H34O8Sn. The quantitative estimate of drug-likeness (QED) is 0.261. The molecule has 0 aliphatic heterocycles. The molecule has 0 aromatic heterocycles. The van der Waals surface area contributed by atoms with E-state index >= 15 is 0 Å². The summed E-state index contributed by atoms with van der Waals surface area (Å²) < 4.78 is 2.69. The summed E-state index contributed by atoms with van der Waals surface area (Å²) in [5.41, 5.74) is 3.03. The van der Waals surface area contributed by atoms with E-state index in [2.05, 4.69) is 60.7 Å². The Kier molecular flexibility index (Phi) is 19.6. The molecule has 0 heterocycles. The summed E-state index contributed by atoms with van der Waals surface area (Å²) in [6.45, 7) is 2.98. The van der Waals surface area contributed by atoms with Crippen molar-refractivity contribution in [1.82, 2.24) is 0 Å². The zero-order valence-electron chi connectivity index (χ0n) is 21.4. The molecule has 2 atom stereocenters. The van der Waals surface area contributed by atoms with Crippen LogP contribution in [0.1, 0.15) is 63.5 Å². The van der Waals surface area contributed by atoms with Crippen LogP contribution in [0.5, 0.6) is 0 Å². The Bertz CT molecular complexity index is 843. The molecule has 8 nitrogen and oxygen atoms in total. The van der Waals surface area contributed by atoms with E-state index in [1.807, 2.05) is 0 Å². The molecule has 0 N–H and O–H groups in total. The van der Waals surface area contributed by atoms with Gasteiger partial charge in [-0.15, -0.1) is 0 Å². The van der Waals surface area contributed by atoms with Gasteiger partial charge >= 0.3 is 102 Å². The molecular weight excluding hydrogens is 583 g/mol. The maximum atomic E-state index is 10.1. The van der Waals surface area contributed by atoms with Gasteiger partial charge in [-0.2, -0.15) is 0 Å². The van der Waals surface area contributed by atoms with E-state index in [-0.39, 0.29) is 34.0 Å². The van der Waals surface area contributed by atoms with Gasteiger partial charge in [0, 0.05) is 23.9 Å². The van der Waals surface area contributed by atoms with Gasteiger partial charge in [-0.25, -0.2) is 0 Å². The Balaban J connectivity index is 0.000000539. The molecule has 37 heavy (non-hydrogen) atoms. The molecule has 0 saturated carbocycles. The minimum atomic E-state index is -1.14. The van der Waals surface area contributed by atoms with Gasteiger partial charge in [0.15, 0.2) is 0 Å². The Morgan fingerprint density at radius 1 is 0.622 bits per heavy atom. The molecule has 0 aliphatic carbocycles. The van der Waals surface area contributed by atoms with Crippen LogP contribution in [0, 0.1) is 11.8 Å². The van der Waals surface area contributed by atoms with Crippen molar-refractivity contribution in [3.8, 4) is 0 Å². The van der Waals surface area contributed by atoms with E-state index in [9.17, 15) is 39.6 Å². The number of carbonyl (C=O) groups excluding carboxylic acids is 4. The molecule has 6 radical (unpaired) electrons. The summed E-state index contributed by atoms with van der Waals surface area (Å²) in [6, 6.07) is 21.7. The number of hydrogen-bond acceptors (Lipinski definition) is 8. The SMILES string of the molecule is CC(CCCC(=O)[O-])C(=O)[O-].CC(CCCC(=O)[O-])C(=O)[O-].c1ccc([CH2][Sn+4][CH2]c2ccccc2)cc1. The van der Waals surface area contributed by atoms with Crippen LogP contribution < -0.4 is 20.4 Å². The van der Waals surface area contributed by atoms with Crippen LogP contribution in [-0.2, 0) is 28.1 Å². The number of aliphatic carboxylic acids is 4. The van der Waals surface area contributed by atoms with Crippen molar-refractivity contribution in [3.63, 3.8) is 0 Å². The molecule has 2 unspecified atom stereocenters. The van der Waals surface area contributed by atoms with Crippen molar-refractivity contribution in [2.75, 3.05) is 0 Å². The van der Waals surface area contributed by atoms with Gasteiger partial charge in [-0.05, 0) is 50.4 Å². The number of hydrogen-bond donors (Lipinski definition) is 0. The minimum absolute atomic E-state index is 0.0857.